The molecule has 0 saturated heterocycles. The lowest BCUT2D eigenvalue weighted by Gasteiger charge is -2.27. The number of aliphatic carboxylic acids is 1. The van der Waals surface area contributed by atoms with Crippen LogP contribution in [-0.2, 0) is 4.79 Å². The third-order valence-electron chi connectivity index (χ3n) is 4.13. The van der Waals surface area contributed by atoms with Gasteiger partial charge in [-0.2, -0.15) is 0 Å². The number of amides is 2. The molecule has 1 aliphatic carbocycles. The smallest absolute Gasteiger partial charge is 0.315 e. The molecule has 0 aromatic heterocycles. The van der Waals surface area contributed by atoms with Crippen molar-refractivity contribution in [1.82, 2.24) is 10.6 Å². The number of hydrogen-bond acceptors (Lipinski definition) is 2. The second-order valence-corrected chi connectivity index (χ2v) is 6.15. The second kappa shape index (κ2) is 7.49. The first-order valence-electron chi connectivity index (χ1n) is 7.51. The van der Waals surface area contributed by atoms with Crippen LogP contribution in [0, 0.1) is 5.92 Å². The van der Waals surface area contributed by atoms with Crippen molar-refractivity contribution in [2.24, 2.45) is 5.92 Å². The lowest BCUT2D eigenvalue weighted by atomic mass is 9.86. The third-order valence-corrected chi connectivity index (χ3v) is 4.48. The van der Waals surface area contributed by atoms with Crippen LogP contribution in [0.5, 0.6) is 0 Å². The number of hydrogen-bond donors (Lipinski definition) is 3. The van der Waals surface area contributed by atoms with Crippen LogP contribution >= 0.6 is 11.6 Å². The van der Waals surface area contributed by atoms with Crippen molar-refractivity contribution in [3.63, 3.8) is 0 Å². The third kappa shape index (κ3) is 4.37. The Morgan fingerprint density at radius 1 is 1.23 bits per heavy atom. The van der Waals surface area contributed by atoms with Crippen LogP contribution < -0.4 is 10.6 Å². The van der Waals surface area contributed by atoms with Gasteiger partial charge in [0.15, 0.2) is 0 Å². The molecular weight excluding hydrogens is 304 g/mol. The summed E-state index contributed by atoms with van der Waals surface area (Å²) in [5.74, 6) is -1.02. The van der Waals surface area contributed by atoms with Crippen LogP contribution in [0.3, 0.4) is 0 Å². The monoisotopic (exact) mass is 324 g/mol. The number of carbonyl (C=O) groups is 2. The quantitative estimate of drug-likeness (QED) is 0.794. The molecule has 0 radical (unpaired) electrons. The number of carboxylic acids is 1. The minimum atomic E-state index is -0.741. The van der Waals surface area contributed by atoms with E-state index in [1.807, 2.05) is 25.1 Å². The fraction of sp³-hybridized carbons (Fsp3) is 0.500. The van der Waals surface area contributed by atoms with Gasteiger partial charge in [-0.25, -0.2) is 4.79 Å². The molecule has 1 aromatic rings. The molecule has 22 heavy (non-hydrogen) atoms. The second-order valence-electron chi connectivity index (χ2n) is 5.75. The van der Waals surface area contributed by atoms with Crippen molar-refractivity contribution in [2.45, 2.75) is 44.7 Å². The van der Waals surface area contributed by atoms with Crippen molar-refractivity contribution >= 4 is 23.6 Å². The average Bonchev–Trinajstić information content (AvgIpc) is 2.48. The van der Waals surface area contributed by atoms with Crippen LogP contribution in [0.2, 0.25) is 5.02 Å². The topological polar surface area (TPSA) is 78.4 Å². The van der Waals surface area contributed by atoms with E-state index in [-0.39, 0.29) is 24.0 Å². The van der Waals surface area contributed by atoms with Gasteiger partial charge in [-0.3, -0.25) is 4.79 Å². The molecule has 0 spiro atoms. The van der Waals surface area contributed by atoms with E-state index in [0.717, 1.165) is 5.56 Å². The summed E-state index contributed by atoms with van der Waals surface area (Å²) in [6.07, 6.45) is 2.62. The standard InChI is InChI=1S/C16H21ClN2O3/c1-10(13-4-2-3-5-14(13)17)18-16(22)19-12-8-6-11(7-9-12)15(20)21/h2-5,10-12H,6-9H2,1H3,(H,20,21)(H2,18,19,22)/t10-,11?,12?/m1/s1. The number of carboxylic acid groups (broad SMARTS) is 1. The number of halogens is 1. The van der Waals surface area contributed by atoms with Crippen LogP contribution in [0.25, 0.3) is 0 Å². The molecule has 3 N–H and O–H groups in total. The molecule has 1 saturated carbocycles. The Morgan fingerprint density at radius 3 is 2.45 bits per heavy atom. The van der Waals surface area contributed by atoms with Crippen LogP contribution in [0.15, 0.2) is 24.3 Å². The maximum absolute atomic E-state index is 12.0. The normalized spacial score (nSPS) is 22.6. The van der Waals surface area contributed by atoms with E-state index in [4.69, 9.17) is 16.7 Å². The van der Waals surface area contributed by atoms with Crippen LogP contribution in [0.1, 0.15) is 44.2 Å². The van der Waals surface area contributed by atoms with Crippen LogP contribution in [0.4, 0.5) is 4.79 Å². The van der Waals surface area contributed by atoms with Gasteiger partial charge in [0.25, 0.3) is 0 Å². The number of benzene rings is 1. The Morgan fingerprint density at radius 2 is 1.86 bits per heavy atom. The molecule has 0 bridgehead atoms. The molecule has 2 rings (SSSR count). The Hall–Kier alpha value is -1.75. The van der Waals surface area contributed by atoms with Gasteiger partial charge in [0, 0.05) is 11.1 Å². The first-order valence-corrected chi connectivity index (χ1v) is 7.89. The highest BCUT2D eigenvalue weighted by Gasteiger charge is 2.26. The zero-order valence-electron chi connectivity index (χ0n) is 12.5. The zero-order chi connectivity index (χ0) is 16.1. The largest absolute Gasteiger partial charge is 0.481 e. The Balaban J connectivity index is 1.81. The summed E-state index contributed by atoms with van der Waals surface area (Å²) in [5, 5.41) is 15.4. The molecule has 1 aromatic carbocycles. The van der Waals surface area contributed by atoms with Gasteiger partial charge in [-0.1, -0.05) is 29.8 Å². The molecular formula is C16H21ClN2O3. The molecule has 1 aliphatic rings. The highest BCUT2D eigenvalue weighted by molar-refractivity contribution is 6.31. The summed E-state index contributed by atoms with van der Waals surface area (Å²) in [6.45, 7) is 1.88. The molecule has 0 unspecified atom stereocenters. The van der Waals surface area contributed by atoms with E-state index >= 15 is 0 Å². The Bertz CT molecular complexity index is 542. The first kappa shape index (κ1) is 16.6. The van der Waals surface area contributed by atoms with Gasteiger partial charge in [0.05, 0.1) is 12.0 Å². The summed E-state index contributed by atoms with van der Waals surface area (Å²) < 4.78 is 0. The number of urea groups is 1. The summed E-state index contributed by atoms with van der Waals surface area (Å²) >= 11 is 6.11. The maximum Gasteiger partial charge on any atom is 0.315 e. The van der Waals surface area contributed by atoms with Crippen molar-refractivity contribution in [1.29, 1.82) is 0 Å². The van der Waals surface area contributed by atoms with Gasteiger partial charge in [-0.15, -0.1) is 0 Å². The predicted octanol–water partition coefficient (Wildman–Crippen LogP) is 3.34. The lowest BCUT2D eigenvalue weighted by molar-refractivity contribution is -0.142. The minimum Gasteiger partial charge on any atom is -0.481 e. The predicted molar refractivity (Wildman–Crippen MR) is 84.9 cm³/mol. The SMILES string of the molecule is C[C@@H](NC(=O)NC1CCC(C(=O)O)CC1)c1ccccc1Cl. The highest BCUT2D eigenvalue weighted by atomic mass is 35.5. The Labute approximate surface area is 135 Å². The van der Waals surface area contributed by atoms with Crippen LogP contribution in [-0.4, -0.2) is 23.1 Å². The molecule has 6 heteroatoms. The molecule has 120 valence electrons. The van der Waals surface area contributed by atoms with Gasteiger partial charge < -0.3 is 15.7 Å². The molecule has 5 nitrogen and oxygen atoms in total. The van der Waals surface area contributed by atoms with Crippen molar-refractivity contribution in [3.05, 3.63) is 34.9 Å². The number of nitrogens with one attached hydrogen (secondary N) is 2. The van der Waals surface area contributed by atoms with Crippen molar-refractivity contribution < 1.29 is 14.7 Å². The maximum atomic E-state index is 12.0. The average molecular weight is 325 g/mol. The first-order chi connectivity index (χ1) is 10.5. The van der Waals surface area contributed by atoms with E-state index < -0.39 is 5.97 Å². The van der Waals surface area contributed by atoms with E-state index in [0.29, 0.717) is 30.7 Å². The summed E-state index contributed by atoms with van der Waals surface area (Å²) in [4.78, 5) is 22.9. The fourth-order valence-corrected chi connectivity index (χ4v) is 3.11. The minimum absolute atomic E-state index is 0.0362. The van der Waals surface area contributed by atoms with Gasteiger partial charge in [0.1, 0.15) is 0 Å². The molecule has 0 aliphatic heterocycles. The summed E-state index contributed by atoms with van der Waals surface area (Å²) in [5.41, 5.74) is 0.869. The van der Waals surface area contributed by atoms with Gasteiger partial charge in [-0.05, 0) is 44.2 Å². The van der Waals surface area contributed by atoms with E-state index in [1.54, 1.807) is 6.07 Å². The highest BCUT2D eigenvalue weighted by Crippen LogP contribution is 2.25. The number of carbonyl (C=O) groups excluding carboxylic acids is 1. The lowest BCUT2D eigenvalue weighted by Crippen LogP contribution is -2.44. The van der Waals surface area contributed by atoms with Gasteiger partial charge >= 0.3 is 12.0 Å². The number of rotatable bonds is 4. The van der Waals surface area contributed by atoms with Gasteiger partial charge in [0.2, 0.25) is 0 Å². The summed E-state index contributed by atoms with van der Waals surface area (Å²) in [7, 11) is 0. The molecule has 1 fully saturated rings. The van der Waals surface area contributed by atoms with Crippen molar-refractivity contribution in [2.75, 3.05) is 0 Å². The Kier molecular flexibility index (Phi) is 5.66. The summed E-state index contributed by atoms with van der Waals surface area (Å²) in [6, 6.07) is 7.00. The van der Waals surface area contributed by atoms with E-state index in [1.165, 1.54) is 0 Å². The molecule has 0 heterocycles. The fourth-order valence-electron chi connectivity index (χ4n) is 2.81. The molecule has 1 atom stereocenters. The van der Waals surface area contributed by atoms with E-state index in [9.17, 15) is 9.59 Å². The van der Waals surface area contributed by atoms with Crippen molar-refractivity contribution in [3.8, 4) is 0 Å². The molecule has 2 amide bonds. The zero-order valence-corrected chi connectivity index (χ0v) is 13.3. The van der Waals surface area contributed by atoms with E-state index in [2.05, 4.69) is 10.6 Å².